The summed E-state index contributed by atoms with van der Waals surface area (Å²) in [5, 5.41) is 26.3. The molecule has 0 unspecified atom stereocenters. The van der Waals surface area contributed by atoms with E-state index in [4.69, 9.17) is 5.26 Å². The Balaban J connectivity index is 1.52. The summed E-state index contributed by atoms with van der Waals surface area (Å²) < 4.78 is 0. The van der Waals surface area contributed by atoms with Crippen molar-refractivity contribution in [2.75, 3.05) is 30.3 Å². The number of hydrogen-bond donors (Lipinski definition) is 2. The van der Waals surface area contributed by atoms with Crippen LogP contribution in [0.3, 0.4) is 0 Å². The molecule has 0 saturated carbocycles. The van der Waals surface area contributed by atoms with Crippen molar-refractivity contribution in [3.63, 3.8) is 0 Å². The van der Waals surface area contributed by atoms with E-state index >= 15 is 0 Å². The second-order valence-corrected chi connectivity index (χ2v) is 6.71. The van der Waals surface area contributed by atoms with Gasteiger partial charge >= 0.3 is 0 Å². The number of likely N-dealkylation sites (tertiary alicyclic amines) is 1. The molecule has 1 aliphatic heterocycles. The number of benzene rings is 2. The molecule has 0 aromatic heterocycles. The summed E-state index contributed by atoms with van der Waals surface area (Å²) in [5.41, 5.74) is 1.48. The summed E-state index contributed by atoms with van der Waals surface area (Å²) in [7, 11) is 0. The number of nitriles is 1. The molecule has 0 spiro atoms. The van der Waals surface area contributed by atoms with E-state index in [1.807, 2.05) is 36.4 Å². The van der Waals surface area contributed by atoms with Crippen molar-refractivity contribution in [2.24, 2.45) is 0 Å². The molecule has 144 valence electrons. The molecule has 2 aromatic rings. The summed E-state index contributed by atoms with van der Waals surface area (Å²) >= 11 is 0. The van der Waals surface area contributed by atoms with Gasteiger partial charge in [0, 0.05) is 30.9 Å². The van der Waals surface area contributed by atoms with E-state index in [2.05, 4.69) is 15.5 Å². The predicted octanol–water partition coefficient (Wildman–Crippen LogP) is 2.98. The van der Waals surface area contributed by atoms with E-state index < -0.39 is 4.92 Å². The Hall–Kier alpha value is -3.44. The van der Waals surface area contributed by atoms with Crippen LogP contribution < -0.4 is 10.6 Å². The molecule has 1 fully saturated rings. The second-order valence-electron chi connectivity index (χ2n) is 6.71. The van der Waals surface area contributed by atoms with Crippen LogP contribution in [0.4, 0.5) is 17.1 Å². The van der Waals surface area contributed by atoms with E-state index in [-0.39, 0.29) is 17.6 Å². The van der Waals surface area contributed by atoms with Gasteiger partial charge in [0.05, 0.1) is 23.1 Å². The second kappa shape index (κ2) is 8.97. The van der Waals surface area contributed by atoms with Crippen molar-refractivity contribution in [1.29, 1.82) is 5.26 Å². The van der Waals surface area contributed by atoms with Gasteiger partial charge in [0.25, 0.3) is 5.69 Å². The first-order chi connectivity index (χ1) is 13.5. The number of amides is 1. The summed E-state index contributed by atoms with van der Waals surface area (Å²) in [6.07, 6.45) is 1.51. The molecule has 1 saturated heterocycles. The van der Waals surface area contributed by atoms with Crippen molar-refractivity contribution in [2.45, 2.75) is 18.9 Å². The molecule has 0 aliphatic carbocycles. The lowest BCUT2D eigenvalue weighted by Gasteiger charge is -2.32. The zero-order valence-electron chi connectivity index (χ0n) is 15.3. The van der Waals surface area contributed by atoms with Crippen molar-refractivity contribution >= 4 is 23.0 Å². The highest BCUT2D eigenvalue weighted by molar-refractivity contribution is 5.92. The fourth-order valence-corrected chi connectivity index (χ4v) is 3.26. The summed E-state index contributed by atoms with van der Waals surface area (Å²) in [6, 6.07) is 15.7. The third-order valence-electron chi connectivity index (χ3n) is 4.69. The molecule has 0 radical (unpaired) electrons. The number of carbonyl (C=O) groups excluding carboxylic acids is 1. The van der Waals surface area contributed by atoms with Gasteiger partial charge in [-0.25, -0.2) is 0 Å². The lowest BCUT2D eigenvalue weighted by molar-refractivity contribution is -0.384. The van der Waals surface area contributed by atoms with Crippen LogP contribution in [0.5, 0.6) is 0 Å². The van der Waals surface area contributed by atoms with Crippen molar-refractivity contribution in [1.82, 2.24) is 4.90 Å². The van der Waals surface area contributed by atoms with Crippen molar-refractivity contribution in [3.05, 3.63) is 64.2 Å². The average molecular weight is 379 g/mol. The maximum absolute atomic E-state index is 12.2. The molecular formula is C20H21N5O3. The van der Waals surface area contributed by atoms with Crippen LogP contribution in [0, 0.1) is 21.4 Å². The first kappa shape index (κ1) is 19.3. The molecular weight excluding hydrogens is 358 g/mol. The molecule has 1 heterocycles. The molecule has 8 nitrogen and oxygen atoms in total. The molecule has 0 bridgehead atoms. The Kier molecular flexibility index (Phi) is 6.19. The molecule has 8 heteroatoms. The van der Waals surface area contributed by atoms with Gasteiger partial charge in [0.2, 0.25) is 5.91 Å². The van der Waals surface area contributed by atoms with Gasteiger partial charge in [-0.05, 0) is 37.1 Å². The summed E-state index contributed by atoms with van der Waals surface area (Å²) in [6.45, 7) is 1.74. The van der Waals surface area contributed by atoms with Crippen LogP contribution >= 0.6 is 0 Å². The molecule has 28 heavy (non-hydrogen) atoms. The molecule has 2 N–H and O–H groups in total. The Morgan fingerprint density at radius 3 is 2.57 bits per heavy atom. The van der Waals surface area contributed by atoms with Crippen LogP contribution in [0.1, 0.15) is 18.4 Å². The zero-order chi connectivity index (χ0) is 19.9. The Morgan fingerprint density at radius 1 is 1.21 bits per heavy atom. The van der Waals surface area contributed by atoms with E-state index in [0.29, 0.717) is 30.9 Å². The topological polar surface area (TPSA) is 111 Å². The molecule has 3 rings (SSSR count). The Morgan fingerprint density at radius 2 is 1.93 bits per heavy atom. The van der Waals surface area contributed by atoms with E-state index in [1.54, 1.807) is 0 Å². The van der Waals surface area contributed by atoms with Crippen LogP contribution in [0.15, 0.2) is 48.5 Å². The van der Waals surface area contributed by atoms with Gasteiger partial charge in [-0.15, -0.1) is 0 Å². The van der Waals surface area contributed by atoms with Crippen LogP contribution in [0.2, 0.25) is 0 Å². The minimum Gasteiger partial charge on any atom is -0.377 e. The van der Waals surface area contributed by atoms with Gasteiger partial charge in [0.15, 0.2) is 0 Å². The monoisotopic (exact) mass is 379 g/mol. The lowest BCUT2D eigenvalue weighted by Crippen LogP contribution is -2.42. The number of nitro benzene ring substituents is 1. The molecule has 2 aromatic carbocycles. The van der Waals surface area contributed by atoms with Crippen molar-refractivity contribution < 1.29 is 9.72 Å². The maximum atomic E-state index is 12.2. The van der Waals surface area contributed by atoms with E-state index in [0.717, 1.165) is 18.5 Å². The fraction of sp³-hybridized carbons (Fsp3) is 0.300. The largest absolute Gasteiger partial charge is 0.377 e. The molecule has 0 atom stereocenters. The number of nitro groups is 1. The average Bonchev–Trinajstić information content (AvgIpc) is 2.70. The van der Waals surface area contributed by atoms with E-state index in [1.165, 1.54) is 18.2 Å². The number of nitrogens with zero attached hydrogens (tertiary/aromatic N) is 3. The Labute approximate surface area is 162 Å². The first-order valence-corrected chi connectivity index (χ1v) is 9.07. The van der Waals surface area contributed by atoms with Gasteiger partial charge < -0.3 is 10.6 Å². The van der Waals surface area contributed by atoms with Gasteiger partial charge in [0.1, 0.15) is 5.69 Å². The SMILES string of the molecule is N#Cc1ccc([N+](=O)[O-])c(NC2CCN(CC(=O)Nc3ccccc3)CC2)c1. The van der Waals surface area contributed by atoms with Gasteiger partial charge in [-0.3, -0.25) is 19.8 Å². The van der Waals surface area contributed by atoms with Crippen LogP contribution in [-0.2, 0) is 4.79 Å². The smallest absolute Gasteiger partial charge is 0.292 e. The van der Waals surface area contributed by atoms with Crippen molar-refractivity contribution in [3.8, 4) is 6.07 Å². The van der Waals surface area contributed by atoms with E-state index in [9.17, 15) is 14.9 Å². The van der Waals surface area contributed by atoms with Gasteiger partial charge in [-0.1, -0.05) is 18.2 Å². The highest BCUT2D eigenvalue weighted by atomic mass is 16.6. The van der Waals surface area contributed by atoms with Crippen LogP contribution in [-0.4, -0.2) is 41.4 Å². The fourth-order valence-electron chi connectivity index (χ4n) is 3.26. The molecule has 1 aliphatic rings. The highest BCUT2D eigenvalue weighted by Crippen LogP contribution is 2.27. The number of piperidine rings is 1. The molecule has 1 amide bonds. The number of nitrogens with one attached hydrogen (secondary N) is 2. The maximum Gasteiger partial charge on any atom is 0.292 e. The minimum absolute atomic E-state index is 0.0383. The quantitative estimate of drug-likeness (QED) is 0.589. The van der Waals surface area contributed by atoms with Gasteiger partial charge in [-0.2, -0.15) is 5.26 Å². The number of para-hydroxylation sites is 1. The number of carbonyl (C=O) groups is 1. The van der Waals surface area contributed by atoms with Crippen LogP contribution in [0.25, 0.3) is 0 Å². The Bertz CT molecular complexity index is 886. The highest BCUT2D eigenvalue weighted by Gasteiger charge is 2.23. The summed E-state index contributed by atoms with van der Waals surface area (Å²) in [5.74, 6) is -0.0602. The normalized spacial score (nSPS) is 14.8. The third kappa shape index (κ3) is 5.05. The number of hydrogen-bond acceptors (Lipinski definition) is 6. The zero-order valence-corrected chi connectivity index (χ0v) is 15.3. The standard InChI is InChI=1S/C20H21N5O3/c21-13-15-6-7-19(25(27)28)18(12-15)22-17-8-10-24(11-9-17)14-20(26)23-16-4-2-1-3-5-16/h1-7,12,17,22H,8-11,14H2,(H,23,26). The number of anilines is 2. The lowest BCUT2D eigenvalue weighted by atomic mass is 10.0. The third-order valence-corrected chi connectivity index (χ3v) is 4.69. The predicted molar refractivity (Wildman–Crippen MR) is 106 cm³/mol. The first-order valence-electron chi connectivity index (χ1n) is 9.07. The number of rotatable bonds is 6. The summed E-state index contributed by atoms with van der Waals surface area (Å²) in [4.78, 5) is 25.0. The minimum atomic E-state index is -0.452.